The first-order valence-corrected chi connectivity index (χ1v) is 16.2. The van der Waals surface area contributed by atoms with Crippen LogP contribution in [0, 0.1) is 5.92 Å². The molecule has 3 aromatic carbocycles. The van der Waals surface area contributed by atoms with E-state index in [1.165, 1.54) is 6.26 Å². The van der Waals surface area contributed by atoms with Crippen LogP contribution in [-0.2, 0) is 30.3 Å². The van der Waals surface area contributed by atoms with Gasteiger partial charge in [0, 0.05) is 42.7 Å². The summed E-state index contributed by atoms with van der Waals surface area (Å²) in [5, 5.41) is 15.0. The minimum absolute atomic E-state index is 0.0158. The molecule has 0 spiro atoms. The first-order chi connectivity index (χ1) is 23.9. The number of hydrogen-bond acceptors (Lipinski definition) is 10. The number of nitrogens with one attached hydrogen (secondary N) is 2. The molecule has 258 valence electrons. The van der Waals surface area contributed by atoms with Crippen LogP contribution in [0.2, 0.25) is 0 Å². The summed E-state index contributed by atoms with van der Waals surface area (Å²) >= 11 is 0. The lowest BCUT2D eigenvalue weighted by atomic mass is 9.81. The highest BCUT2D eigenvalue weighted by molar-refractivity contribution is 6.05. The Morgan fingerprint density at radius 2 is 1.65 bits per heavy atom. The van der Waals surface area contributed by atoms with Crippen molar-refractivity contribution in [2.45, 2.75) is 32.1 Å². The fourth-order valence-corrected chi connectivity index (χ4v) is 5.57. The molecule has 2 amide bonds. The Labute approximate surface area is 283 Å². The highest BCUT2D eigenvalue weighted by atomic mass is 16.7. The zero-order valence-electron chi connectivity index (χ0n) is 27.3. The van der Waals surface area contributed by atoms with Crippen molar-refractivity contribution in [3.05, 3.63) is 118 Å². The topological polar surface area (TPSA) is 172 Å². The van der Waals surface area contributed by atoms with Gasteiger partial charge in [-0.2, -0.15) is 0 Å². The smallest absolute Gasteiger partial charge is 0.286 e. The largest absolute Gasteiger partial charge is 0.464 e. The number of para-hydroxylation sites is 3. The Morgan fingerprint density at radius 1 is 0.918 bits per heavy atom. The fraction of sp³-hybridized carbons (Fsp3) is 0.324. The van der Waals surface area contributed by atoms with E-state index in [1.54, 1.807) is 78.9 Å². The molecule has 0 saturated heterocycles. The lowest BCUT2D eigenvalue weighted by Gasteiger charge is -2.36. The molecule has 12 nitrogen and oxygen atoms in total. The minimum atomic E-state index is -0.850. The Hall–Kier alpha value is -5.01. The highest BCUT2D eigenvalue weighted by Gasteiger charge is 2.39. The van der Waals surface area contributed by atoms with Crippen LogP contribution in [0.1, 0.15) is 40.7 Å². The van der Waals surface area contributed by atoms with Gasteiger partial charge in [0.05, 0.1) is 49.5 Å². The molecular formula is C37H41N3O9. The predicted octanol–water partition coefficient (Wildman–Crippen LogP) is 4.34. The molecular weight excluding hydrogens is 630 g/mol. The molecule has 4 aromatic rings. The molecule has 0 saturated carbocycles. The van der Waals surface area contributed by atoms with Gasteiger partial charge in [-0.1, -0.05) is 36.4 Å². The number of carbonyl (C=O) groups excluding carboxylic acids is 2. The number of aliphatic hydroxyl groups is 1. The second-order valence-electron chi connectivity index (χ2n) is 11.3. The third kappa shape index (κ3) is 9.12. The third-order valence-electron chi connectivity index (χ3n) is 8.09. The monoisotopic (exact) mass is 671 g/mol. The molecule has 1 aliphatic rings. The number of aliphatic hydroxyl groups excluding tert-OH is 1. The summed E-state index contributed by atoms with van der Waals surface area (Å²) in [7, 11) is 0. The van der Waals surface area contributed by atoms with E-state index in [9.17, 15) is 14.4 Å². The van der Waals surface area contributed by atoms with E-state index >= 15 is 0 Å². The quantitative estimate of drug-likeness (QED) is 0.0993. The predicted molar refractivity (Wildman–Crippen MR) is 184 cm³/mol. The highest BCUT2D eigenvalue weighted by Crippen LogP contribution is 2.38. The van der Waals surface area contributed by atoms with Gasteiger partial charge in [0.1, 0.15) is 5.58 Å². The van der Waals surface area contributed by atoms with Gasteiger partial charge >= 0.3 is 0 Å². The van der Waals surface area contributed by atoms with Gasteiger partial charge in [0.2, 0.25) is 6.29 Å². The van der Waals surface area contributed by atoms with Crippen LogP contribution < -0.4 is 21.8 Å². The van der Waals surface area contributed by atoms with Crippen LogP contribution in [-0.4, -0.2) is 62.9 Å². The van der Waals surface area contributed by atoms with E-state index < -0.39 is 18.1 Å². The molecule has 12 heteroatoms. The second kappa shape index (κ2) is 17.4. The zero-order chi connectivity index (χ0) is 34.6. The van der Waals surface area contributed by atoms with Gasteiger partial charge in [-0.15, -0.1) is 0 Å². The fourth-order valence-electron chi connectivity index (χ4n) is 5.57. The number of ether oxygens (including phenoxy) is 4. The molecule has 3 unspecified atom stereocenters. The van der Waals surface area contributed by atoms with Crippen molar-refractivity contribution in [1.29, 1.82) is 0 Å². The summed E-state index contributed by atoms with van der Waals surface area (Å²) < 4.78 is 29.0. The number of hydrogen-bond donors (Lipinski definition) is 4. The van der Waals surface area contributed by atoms with Crippen molar-refractivity contribution in [3.8, 4) is 0 Å². The lowest BCUT2D eigenvalue weighted by molar-refractivity contribution is -0.168. The number of rotatable bonds is 16. The van der Waals surface area contributed by atoms with Crippen molar-refractivity contribution in [1.82, 2.24) is 5.32 Å². The number of allylic oxidation sites excluding steroid dienone is 1. The molecule has 0 aliphatic carbocycles. The van der Waals surface area contributed by atoms with E-state index in [0.717, 1.165) is 5.56 Å². The van der Waals surface area contributed by atoms with E-state index in [4.69, 9.17) is 34.2 Å². The van der Waals surface area contributed by atoms with Gasteiger partial charge < -0.3 is 44.8 Å². The number of fused-ring (bicyclic) bond motifs is 1. The standard InChI is InChI=1S/C37H41N3O9/c1-2-47-37-26(15-17-45-19-20-46-18-16-41)28(29-23-48-32-10-6-3-7-27(32)34(29)42)21-33(49-37)36(44)39-22-24-11-13-25(14-12-24)35(43)40-31-9-5-4-8-30(31)38/h3-14,21,23,26,28,37,41H,2,15-20,22,38H2,1H3,(H,39,44)(H,40,43). The molecule has 3 atom stereocenters. The summed E-state index contributed by atoms with van der Waals surface area (Å²) in [6.07, 6.45) is 2.68. The van der Waals surface area contributed by atoms with Gasteiger partial charge in [0.25, 0.3) is 11.8 Å². The van der Waals surface area contributed by atoms with Gasteiger partial charge in [0.15, 0.2) is 11.2 Å². The molecule has 0 radical (unpaired) electrons. The molecule has 1 aromatic heterocycles. The number of nitrogen functional groups attached to an aromatic ring is 1. The first-order valence-electron chi connectivity index (χ1n) is 16.2. The van der Waals surface area contributed by atoms with Crippen molar-refractivity contribution >= 4 is 34.2 Å². The first kappa shape index (κ1) is 35.3. The Balaban J connectivity index is 1.32. The van der Waals surface area contributed by atoms with E-state index in [2.05, 4.69) is 10.6 Å². The number of nitrogens with two attached hydrogens (primary N) is 1. The average Bonchev–Trinajstić information content (AvgIpc) is 3.12. The maximum Gasteiger partial charge on any atom is 0.286 e. The molecule has 5 rings (SSSR count). The van der Waals surface area contributed by atoms with Gasteiger partial charge in [-0.25, -0.2) is 0 Å². The average molecular weight is 672 g/mol. The van der Waals surface area contributed by atoms with Crippen molar-refractivity contribution < 1.29 is 38.1 Å². The number of anilines is 2. The number of benzene rings is 3. The Bertz CT molecular complexity index is 1810. The summed E-state index contributed by atoms with van der Waals surface area (Å²) in [6, 6.07) is 20.8. The second-order valence-corrected chi connectivity index (χ2v) is 11.3. The van der Waals surface area contributed by atoms with E-state index in [1.807, 2.05) is 6.92 Å². The molecule has 0 bridgehead atoms. The third-order valence-corrected chi connectivity index (χ3v) is 8.09. The zero-order valence-corrected chi connectivity index (χ0v) is 27.3. The lowest BCUT2D eigenvalue weighted by Crippen LogP contribution is -2.40. The summed E-state index contributed by atoms with van der Waals surface area (Å²) in [5.74, 6) is -1.75. The molecule has 0 fully saturated rings. The van der Waals surface area contributed by atoms with Crippen molar-refractivity contribution in [2.24, 2.45) is 5.92 Å². The normalized spacial score (nSPS) is 17.3. The minimum Gasteiger partial charge on any atom is -0.464 e. The molecule has 2 heterocycles. The summed E-state index contributed by atoms with van der Waals surface area (Å²) in [4.78, 5) is 39.9. The van der Waals surface area contributed by atoms with Crippen LogP contribution in [0.4, 0.5) is 11.4 Å². The van der Waals surface area contributed by atoms with Crippen molar-refractivity contribution in [3.63, 3.8) is 0 Å². The van der Waals surface area contributed by atoms with Gasteiger partial charge in [-0.3, -0.25) is 14.4 Å². The van der Waals surface area contributed by atoms with Crippen LogP contribution in [0.15, 0.2) is 100 Å². The van der Waals surface area contributed by atoms with Gasteiger partial charge in [-0.05, 0) is 61.4 Å². The Kier molecular flexibility index (Phi) is 12.5. The van der Waals surface area contributed by atoms with Crippen LogP contribution in [0.25, 0.3) is 11.0 Å². The molecule has 5 N–H and O–H groups in total. The maximum absolute atomic E-state index is 13.7. The summed E-state index contributed by atoms with van der Waals surface area (Å²) in [5.41, 5.74) is 8.74. The SMILES string of the molecule is CCOC1OC(C(=O)NCc2ccc(C(=O)Nc3ccccc3N)cc2)=CC(c2coc3ccccc3c2=O)C1CCOCCOCCO. The van der Waals surface area contributed by atoms with E-state index in [-0.39, 0.29) is 42.8 Å². The Morgan fingerprint density at radius 3 is 2.41 bits per heavy atom. The van der Waals surface area contributed by atoms with Crippen LogP contribution in [0.5, 0.6) is 0 Å². The van der Waals surface area contributed by atoms with Crippen LogP contribution >= 0.6 is 0 Å². The summed E-state index contributed by atoms with van der Waals surface area (Å²) in [6.45, 7) is 3.43. The van der Waals surface area contributed by atoms with Crippen LogP contribution in [0.3, 0.4) is 0 Å². The number of carbonyl (C=O) groups is 2. The molecule has 1 aliphatic heterocycles. The molecule has 49 heavy (non-hydrogen) atoms. The van der Waals surface area contributed by atoms with Crippen molar-refractivity contribution in [2.75, 3.05) is 50.7 Å². The number of amides is 2. The maximum atomic E-state index is 13.7. The van der Waals surface area contributed by atoms with E-state index in [0.29, 0.717) is 66.3 Å².